The summed E-state index contributed by atoms with van der Waals surface area (Å²) in [6.07, 6.45) is 2.90. The lowest BCUT2D eigenvalue weighted by atomic mass is 10.1. The van der Waals surface area contributed by atoms with E-state index in [0.717, 1.165) is 12.0 Å². The van der Waals surface area contributed by atoms with Crippen molar-refractivity contribution in [2.24, 2.45) is 0 Å². The Hall–Kier alpha value is -2.63. The van der Waals surface area contributed by atoms with E-state index in [1.165, 1.54) is 10.5 Å². The van der Waals surface area contributed by atoms with Crippen LogP contribution in [0.25, 0.3) is 11.3 Å². The molecule has 1 amide bonds. The number of carboxylic acids is 1. The van der Waals surface area contributed by atoms with E-state index in [4.69, 9.17) is 9.52 Å². The summed E-state index contributed by atoms with van der Waals surface area (Å²) in [5.41, 5.74) is 2.10. The first-order chi connectivity index (χ1) is 11.5. The molecule has 0 aliphatic carbocycles. The summed E-state index contributed by atoms with van der Waals surface area (Å²) in [7, 11) is 0. The van der Waals surface area contributed by atoms with Gasteiger partial charge in [0.1, 0.15) is 6.54 Å². The van der Waals surface area contributed by atoms with Crippen LogP contribution in [0, 0.1) is 6.92 Å². The average molecular weight is 330 g/mol. The maximum absolute atomic E-state index is 12.1. The van der Waals surface area contributed by atoms with E-state index in [-0.39, 0.29) is 18.9 Å². The largest absolute Gasteiger partial charge is 0.480 e. The minimum atomic E-state index is -1.01. The Morgan fingerprint density at radius 1 is 1.25 bits per heavy atom. The summed E-state index contributed by atoms with van der Waals surface area (Å²) in [5.74, 6) is -0.0667. The number of benzene rings is 1. The lowest BCUT2D eigenvalue weighted by Crippen LogP contribution is -2.36. The number of oxazole rings is 1. The summed E-state index contributed by atoms with van der Waals surface area (Å²) < 4.78 is 5.68. The molecule has 1 aromatic carbocycles. The van der Waals surface area contributed by atoms with Gasteiger partial charge in [-0.3, -0.25) is 9.59 Å². The maximum atomic E-state index is 12.1. The Morgan fingerprint density at radius 3 is 2.58 bits per heavy atom. The fourth-order valence-electron chi connectivity index (χ4n) is 2.37. The third-order valence-corrected chi connectivity index (χ3v) is 3.61. The number of carbonyl (C=O) groups is 2. The molecular weight excluding hydrogens is 308 g/mol. The summed E-state index contributed by atoms with van der Waals surface area (Å²) in [5, 5.41) is 8.87. The predicted molar refractivity (Wildman–Crippen MR) is 89.5 cm³/mol. The molecule has 6 nitrogen and oxygen atoms in total. The Balaban J connectivity index is 1.95. The van der Waals surface area contributed by atoms with Crippen LogP contribution in [0.3, 0.4) is 0 Å². The normalized spacial score (nSPS) is 10.6. The minimum absolute atomic E-state index is 0.182. The molecule has 0 aliphatic rings. The lowest BCUT2D eigenvalue weighted by molar-refractivity contribution is -0.144. The van der Waals surface area contributed by atoms with Gasteiger partial charge in [-0.1, -0.05) is 36.8 Å². The summed E-state index contributed by atoms with van der Waals surface area (Å²) in [6.45, 7) is 4.09. The van der Waals surface area contributed by atoms with Gasteiger partial charge in [-0.25, -0.2) is 4.98 Å². The lowest BCUT2D eigenvalue weighted by Gasteiger charge is -2.19. The standard InChI is InChI=1S/C18H22N2O4/c1-3-10-20(12-18(22)23)17(21)9-8-16-19-11-15(24-16)14-6-4-13(2)5-7-14/h4-7,11H,3,8-10,12H2,1-2H3,(H,22,23). The molecule has 0 radical (unpaired) electrons. The van der Waals surface area contributed by atoms with Gasteiger partial charge < -0.3 is 14.4 Å². The molecule has 1 heterocycles. The molecular formula is C18H22N2O4. The van der Waals surface area contributed by atoms with Crippen molar-refractivity contribution in [3.63, 3.8) is 0 Å². The molecule has 0 unspecified atom stereocenters. The number of aromatic nitrogens is 1. The van der Waals surface area contributed by atoms with E-state index in [2.05, 4.69) is 4.98 Å². The molecule has 1 N–H and O–H groups in total. The molecule has 0 aliphatic heterocycles. The van der Waals surface area contributed by atoms with Crippen molar-refractivity contribution < 1.29 is 19.1 Å². The molecule has 24 heavy (non-hydrogen) atoms. The molecule has 0 atom stereocenters. The number of rotatable bonds is 8. The number of carboxylic acid groups (broad SMARTS) is 1. The van der Waals surface area contributed by atoms with Crippen molar-refractivity contribution in [3.05, 3.63) is 41.9 Å². The molecule has 128 valence electrons. The van der Waals surface area contributed by atoms with Crippen molar-refractivity contribution >= 4 is 11.9 Å². The summed E-state index contributed by atoms with van der Waals surface area (Å²) in [4.78, 5) is 28.5. The van der Waals surface area contributed by atoms with Gasteiger partial charge in [0.25, 0.3) is 0 Å². The monoisotopic (exact) mass is 330 g/mol. The van der Waals surface area contributed by atoms with Crippen molar-refractivity contribution in [1.82, 2.24) is 9.88 Å². The number of hydrogen-bond donors (Lipinski definition) is 1. The van der Waals surface area contributed by atoms with Crippen LogP contribution in [0.1, 0.15) is 31.2 Å². The first-order valence-corrected chi connectivity index (χ1v) is 8.01. The second kappa shape index (κ2) is 8.29. The van der Waals surface area contributed by atoms with Crippen LogP contribution >= 0.6 is 0 Å². The first kappa shape index (κ1) is 17.7. The Kier molecular flexibility index (Phi) is 6.12. The van der Waals surface area contributed by atoms with Gasteiger partial charge in [0.05, 0.1) is 6.20 Å². The van der Waals surface area contributed by atoms with Crippen molar-refractivity contribution in [2.45, 2.75) is 33.1 Å². The molecule has 6 heteroatoms. The molecule has 0 spiro atoms. The molecule has 1 aromatic heterocycles. The highest BCUT2D eigenvalue weighted by atomic mass is 16.4. The van der Waals surface area contributed by atoms with Crippen LogP contribution in [-0.2, 0) is 16.0 Å². The number of aryl methyl sites for hydroxylation is 2. The number of carbonyl (C=O) groups excluding carboxylic acids is 1. The molecule has 0 saturated carbocycles. The van der Waals surface area contributed by atoms with Crippen molar-refractivity contribution in [2.75, 3.05) is 13.1 Å². The van der Waals surface area contributed by atoms with Gasteiger partial charge in [0.15, 0.2) is 11.7 Å². The van der Waals surface area contributed by atoms with Gasteiger partial charge in [-0.2, -0.15) is 0 Å². The smallest absolute Gasteiger partial charge is 0.323 e. The van der Waals surface area contributed by atoms with Crippen LogP contribution in [0.15, 0.2) is 34.9 Å². The summed E-state index contributed by atoms with van der Waals surface area (Å²) in [6, 6.07) is 7.91. The SMILES string of the molecule is CCCN(CC(=O)O)C(=O)CCc1ncc(-c2ccc(C)cc2)o1. The van der Waals surface area contributed by atoms with Gasteiger partial charge in [0, 0.05) is 24.9 Å². The highest BCUT2D eigenvalue weighted by Gasteiger charge is 2.17. The Labute approximate surface area is 141 Å². The van der Waals surface area contributed by atoms with Crippen LogP contribution < -0.4 is 0 Å². The van der Waals surface area contributed by atoms with Crippen molar-refractivity contribution in [1.29, 1.82) is 0 Å². The topological polar surface area (TPSA) is 83.6 Å². The predicted octanol–water partition coefficient (Wildman–Crippen LogP) is 2.91. The van der Waals surface area contributed by atoms with Crippen molar-refractivity contribution in [3.8, 4) is 11.3 Å². The number of hydrogen-bond acceptors (Lipinski definition) is 4. The summed E-state index contributed by atoms with van der Waals surface area (Å²) >= 11 is 0. The van der Waals surface area contributed by atoms with Crippen LogP contribution in [0.2, 0.25) is 0 Å². The van der Waals surface area contributed by atoms with E-state index in [1.807, 2.05) is 38.1 Å². The zero-order valence-corrected chi connectivity index (χ0v) is 14.0. The Bertz CT molecular complexity index is 691. The van der Waals surface area contributed by atoms with E-state index >= 15 is 0 Å². The molecule has 0 fully saturated rings. The third-order valence-electron chi connectivity index (χ3n) is 3.61. The van der Waals surface area contributed by atoms with E-state index < -0.39 is 5.97 Å². The molecule has 0 bridgehead atoms. The maximum Gasteiger partial charge on any atom is 0.323 e. The van der Waals surface area contributed by atoms with Gasteiger partial charge in [0.2, 0.25) is 5.91 Å². The average Bonchev–Trinajstić information content (AvgIpc) is 3.01. The molecule has 0 saturated heterocycles. The fourth-order valence-corrected chi connectivity index (χ4v) is 2.37. The highest BCUT2D eigenvalue weighted by Crippen LogP contribution is 2.21. The Morgan fingerprint density at radius 2 is 1.96 bits per heavy atom. The highest BCUT2D eigenvalue weighted by molar-refractivity contribution is 5.81. The van der Waals surface area contributed by atoms with E-state index in [1.54, 1.807) is 6.20 Å². The quantitative estimate of drug-likeness (QED) is 0.804. The molecule has 2 rings (SSSR count). The number of amides is 1. The van der Waals surface area contributed by atoms with E-state index in [0.29, 0.717) is 24.6 Å². The van der Waals surface area contributed by atoms with Crippen LogP contribution in [-0.4, -0.2) is 40.0 Å². The van der Waals surface area contributed by atoms with E-state index in [9.17, 15) is 9.59 Å². The molecule has 2 aromatic rings. The van der Waals surface area contributed by atoms with Gasteiger partial charge in [-0.05, 0) is 13.3 Å². The van der Waals surface area contributed by atoms with Crippen LogP contribution in [0.4, 0.5) is 0 Å². The van der Waals surface area contributed by atoms with Gasteiger partial charge >= 0.3 is 5.97 Å². The minimum Gasteiger partial charge on any atom is -0.480 e. The second-order valence-electron chi connectivity index (χ2n) is 5.69. The third kappa shape index (κ3) is 4.94. The fraction of sp³-hybridized carbons (Fsp3) is 0.389. The number of nitrogens with zero attached hydrogens (tertiary/aromatic N) is 2. The number of aliphatic carboxylic acids is 1. The zero-order chi connectivity index (χ0) is 17.5. The first-order valence-electron chi connectivity index (χ1n) is 8.01. The van der Waals surface area contributed by atoms with Gasteiger partial charge in [-0.15, -0.1) is 0 Å². The zero-order valence-electron chi connectivity index (χ0n) is 14.0. The van der Waals surface area contributed by atoms with Crippen LogP contribution in [0.5, 0.6) is 0 Å². The second-order valence-corrected chi connectivity index (χ2v) is 5.69.